The van der Waals surface area contributed by atoms with E-state index in [-0.39, 0.29) is 5.02 Å². The lowest BCUT2D eigenvalue weighted by Crippen LogP contribution is -2.02. The average Bonchev–Trinajstić information content (AvgIpc) is 3.39. The largest absolute Gasteiger partial charge is 0.497 e. The van der Waals surface area contributed by atoms with Crippen LogP contribution in [0.5, 0.6) is 5.75 Å². The van der Waals surface area contributed by atoms with Gasteiger partial charge in [-0.2, -0.15) is 5.26 Å². The molecule has 0 aliphatic carbocycles. The van der Waals surface area contributed by atoms with Crippen molar-refractivity contribution in [3.63, 3.8) is 0 Å². The predicted octanol–water partition coefficient (Wildman–Crippen LogP) is 6.61. The van der Waals surface area contributed by atoms with Crippen molar-refractivity contribution in [1.82, 2.24) is 20.0 Å². The van der Waals surface area contributed by atoms with Gasteiger partial charge >= 0.3 is 0 Å². The van der Waals surface area contributed by atoms with Crippen LogP contribution in [0.4, 0.5) is 21.5 Å². The number of hydrogen-bond acceptors (Lipinski definition) is 7. The zero-order chi connectivity index (χ0) is 25.9. The molecule has 8 nitrogen and oxygen atoms in total. The first-order chi connectivity index (χ1) is 17.9. The maximum Gasteiger partial charge on any atom is 0.141 e. The van der Waals surface area contributed by atoms with Gasteiger partial charge in [-0.1, -0.05) is 16.8 Å². The summed E-state index contributed by atoms with van der Waals surface area (Å²) in [5, 5.41) is 25.4. The van der Waals surface area contributed by atoms with E-state index in [1.54, 1.807) is 17.9 Å². The highest BCUT2D eigenvalue weighted by molar-refractivity contribution is 9.10. The van der Waals surface area contributed by atoms with E-state index in [1.807, 2.05) is 42.6 Å². The van der Waals surface area contributed by atoms with Gasteiger partial charge in [-0.3, -0.25) is 4.98 Å². The molecule has 0 spiro atoms. The minimum Gasteiger partial charge on any atom is -0.497 e. The third-order valence-electron chi connectivity index (χ3n) is 5.59. The van der Waals surface area contributed by atoms with Gasteiger partial charge in [0, 0.05) is 27.4 Å². The van der Waals surface area contributed by atoms with Crippen molar-refractivity contribution in [1.29, 1.82) is 5.26 Å². The second-order valence-corrected chi connectivity index (χ2v) is 9.23. The second kappa shape index (κ2) is 10.4. The minimum atomic E-state index is -0.523. The van der Waals surface area contributed by atoms with Gasteiger partial charge in [0.15, 0.2) is 0 Å². The first-order valence-corrected chi connectivity index (χ1v) is 12.2. The lowest BCUT2D eigenvalue weighted by molar-refractivity contribution is 0.414. The standard InChI is InChI=1S/C26H18BrClFN7O/c1-37-20-5-3-19(4-6-20)36-14-18(34-35-36)13-31-17-8-21-25(33-16-2-7-24(29)23(28)10-16)15(11-30)12-32-26(21)22(27)9-17/h2-10,12,14,31H,13H2,1H3,(H,32,33). The fourth-order valence-corrected chi connectivity index (χ4v) is 4.48. The first kappa shape index (κ1) is 24.5. The third kappa shape index (κ3) is 5.18. The number of ether oxygens (including phenoxy) is 1. The van der Waals surface area contributed by atoms with Crippen LogP contribution < -0.4 is 15.4 Å². The number of pyridine rings is 1. The average molecular weight is 579 g/mol. The van der Waals surface area contributed by atoms with E-state index >= 15 is 0 Å². The van der Waals surface area contributed by atoms with Gasteiger partial charge in [0.2, 0.25) is 0 Å². The maximum absolute atomic E-state index is 13.6. The molecule has 0 amide bonds. The molecule has 37 heavy (non-hydrogen) atoms. The molecule has 0 radical (unpaired) electrons. The molecule has 0 aliphatic rings. The normalized spacial score (nSPS) is 10.8. The molecule has 2 heterocycles. The monoisotopic (exact) mass is 577 g/mol. The van der Waals surface area contributed by atoms with Gasteiger partial charge in [0.1, 0.15) is 23.3 Å². The molecule has 2 N–H and O–H groups in total. The summed E-state index contributed by atoms with van der Waals surface area (Å²) in [6, 6.07) is 17.7. The number of hydrogen-bond donors (Lipinski definition) is 2. The van der Waals surface area contributed by atoms with E-state index in [4.69, 9.17) is 16.3 Å². The number of benzene rings is 3. The summed E-state index contributed by atoms with van der Waals surface area (Å²) in [4.78, 5) is 4.44. The zero-order valence-corrected chi connectivity index (χ0v) is 21.7. The third-order valence-corrected chi connectivity index (χ3v) is 6.48. The summed E-state index contributed by atoms with van der Waals surface area (Å²) in [5.74, 6) is 0.239. The molecule has 0 bridgehead atoms. The number of aromatic nitrogens is 4. The molecule has 0 atom stereocenters. The molecule has 11 heteroatoms. The van der Waals surface area contributed by atoms with Crippen LogP contribution in [0.25, 0.3) is 16.6 Å². The van der Waals surface area contributed by atoms with Gasteiger partial charge in [-0.05, 0) is 70.5 Å². The summed E-state index contributed by atoms with van der Waals surface area (Å²) >= 11 is 9.53. The summed E-state index contributed by atoms with van der Waals surface area (Å²) < 4.78 is 21.3. The van der Waals surface area contributed by atoms with Gasteiger partial charge in [-0.25, -0.2) is 9.07 Å². The number of anilines is 3. The Balaban J connectivity index is 1.42. The number of fused-ring (bicyclic) bond motifs is 1. The van der Waals surface area contributed by atoms with Gasteiger partial charge in [0.05, 0.1) is 47.3 Å². The van der Waals surface area contributed by atoms with Gasteiger partial charge in [0.25, 0.3) is 0 Å². The molecule has 0 fully saturated rings. The van der Waals surface area contributed by atoms with Crippen LogP contribution in [-0.4, -0.2) is 27.1 Å². The summed E-state index contributed by atoms with van der Waals surface area (Å²) in [6.45, 7) is 0.413. The van der Waals surface area contributed by atoms with E-state index in [0.717, 1.165) is 27.3 Å². The molecule has 0 saturated carbocycles. The highest BCUT2D eigenvalue weighted by Gasteiger charge is 2.14. The smallest absolute Gasteiger partial charge is 0.141 e. The van der Waals surface area contributed by atoms with Crippen LogP contribution in [0.1, 0.15) is 11.3 Å². The number of rotatable bonds is 7. The fourth-order valence-electron chi connectivity index (χ4n) is 3.73. The Kier molecular flexibility index (Phi) is 6.90. The molecular weight excluding hydrogens is 561 g/mol. The van der Waals surface area contributed by atoms with Crippen LogP contribution in [0, 0.1) is 17.1 Å². The molecule has 184 valence electrons. The molecule has 3 aromatic carbocycles. The van der Waals surface area contributed by atoms with E-state index in [2.05, 4.69) is 47.9 Å². The van der Waals surface area contributed by atoms with Gasteiger partial charge in [-0.15, -0.1) is 5.10 Å². The Morgan fingerprint density at radius 2 is 1.95 bits per heavy atom. The van der Waals surface area contributed by atoms with Crippen LogP contribution in [0.2, 0.25) is 5.02 Å². The number of halogens is 3. The topological polar surface area (TPSA) is 101 Å². The van der Waals surface area contributed by atoms with E-state index < -0.39 is 5.82 Å². The van der Waals surface area contributed by atoms with Crippen molar-refractivity contribution in [3.05, 3.63) is 93.6 Å². The lowest BCUT2D eigenvalue weighted by Gasteiger charge is -2.14. The Morgan fingerprint density at radius 3 is 2.68 bits per heavy atom. The van der Waals surface area contributed by atoms with Crippen molar-refractivity contribution >= 4 is 55.5 Å². The summed E-state index contributed by atoms with van der Waals surface area (Å²) in [7, 11) is 1.62. The van der Waals surface area contributed by atoms with Crippen LogP contribution in [0.15, 0.2) is 71.5 Å². The van der Waals surface area contributed by atoms with Crippen LogP contribution in [-0.2, 0) is 6.54 Å². The van der Waals surface area contributed by atoms with Crippen molar-refractivity contribution in [2.75, 3.05) is 17.7 Å². The SMILES string of the molecule is COc1ccc(-n2cc(CNc3cc(Br)c4ncc(C#N)c(Nc5ccc(F)c(Cl)c5)c4c3)nn2)cc1. The molecule has 0 saturated heterocycles. The second-order valence-electron chi connectivity index (χ2n) is 7.97. The van der Waals surface area contributed by atoms with Crippen LogP contribution in [0.3, 0.4) is 0 Å². The van der Waals surface area contributed by atoms with Crippen LogP contribution >= 0.6 is 27.5 Å². The van der Waals surface area contributed by atoms with Crippen molar-refractivity contribution < 1.29 is 9.13 Å². The van der Waals surface area contributed by atoms with Crippen molar-refractivity contribution in [2.24, 2.45) is 0 Å². The molecule has 2 aromatic heterocycles. The van der Waals surface area contributed by atoms with Crippen molar-refractivity contribution in [2.45, 2.75) is 6.54 Å². The fraction of sp³-hybridized carbons (Fsp3) is 0.0769. The number of nitriles is 1. The quantitative estimate of drug-likeness (QED) is 0.224. The minimum absolute atomic E-state index is 0.0203. The van der Waals surface area contributed by atoms with Gasteiger partial charge < -0.3 is 15.4 Å². The van der Waals surface area contributed by atoms with E-state index in [1.165, 1.54) is 18.3 Å². The van der Waals surface area contributed by atoms with E-state index in [0.29, 0.717) is 34.4 Å². The molecule has 5 aromatic rings. The number of nitrogens with zero attached hydrogens (tertiary/aromatic N) is 5. The molecular formula is C26H18BrClFN7O. The Morgan fingerprint density at radius 1 is 1.14 bits per heavy atom. The Labute approximate surface area is 224 Å². The first-order valence-electron chi connectivity index (χ1n) is 11.0. The number of methoxy groups -OCH3 is 1. The molecule has 0 aliphatic heterocycles. The van der Waals surface area contributed by atoms with E-state index in [9.17, 15) is 9.65 Å². The Bertz CT molecular complexity index is 1650. The highest BCUT2D eigenvalue weighted by Crippen LogP contribution is 2.35. The number of nitrogens with one attached hydrogen (secondary N) is 2. The maximum atomic E-state index is 13.6. The molecule has 0 unspecified atom stereocenters. The zero-order valence-electron chi connectivity index (χ0n) is 19.3. The van der Waals surface area contributed by atoms with Crippen molar-refractivity contribution in [3.8, 4) is 17.5 Å². The predicted molar refractivity (Wildman–Crippen MR) is 144 cm³/mol. The summed E-state index contributed by atoms with van der Waals surface area (Å²) in [6.07, 6.45) is 3.33. The lowest BCUT2D eigenvalue weighted by atomic mass is 10.1. The highest BCUT2D eigenvalue weighted by atomic mass is 79.9. The Hall–Kier alpha value is -4.20. The molecule has 5 rings (SSSR count). The summed E-state index contributed by atoms with van der Waals surface area (Å²) in [5.41, 5.74) is 4.43.